The van der Waals surface area contributed by atoms with E-state index < -0.39 is 0 Å². The molecule has 0 bridgehead atoms. The van der Waals surface area contributed by atoms with Gasteiger partial charge in [-0.1, -0.05) is 6.08 Å². The lowest BCUT2D eigenvalue weighted by molar-refractivity contribution is 0.523. The Balaban J connectivity index is 4.72. The maximum atomic E-state index is 5.78. The van der Waals surface area contributed by atoms with Gasteiger partial charge in [0, 0.05) is 11.6 Å². The highest BCUT2D eigenvalue weighted by Crippen LogP contribution is 2.10. The Morgan fingerprint density at radius 3 is 2.31 bits per heavy atom. The minimum Gasteiger partial charge on any atom is -0.405 e. The third-order valence-electron chi connectivity index (χ3n) is 1.99. The van der Waals surface area contributed by atoms with E-state index in [9.17, 15) is 0 Å². The van der Waals surface area contributed by atoms with Crippen LogP contribution in [-0.4, -0.2) is 18.6 Å². The molecule has 0 aliphatic rings. The summed E-state index contributed by atoms with van der Waals surface area (Å²) in [5.74, 6) is 0. The zero-order valence-corrected chi connectivity index (χ0v) is 8.96. The van der Waals surface area contributed by atoms with Crippen molar-refractivity contribution in [3.8, 4) is 0 Å². The molecule has 0 radical (unpaired) electrons. The highest BCUT2D eigenvalue weighted by atomic mass is 14.9. The van der Waals surface area contributed by atoms with Gasteiger partial charge in [-0.25, -0.2) is 0 Å². The Bertz CT molecular complexity index is 202. The molecule has 0 heterocycles. The number of nitrogens with one attached hydrogen (secondary N) is 1. The van der Waals surface area contributed by atoms with E-state index in [-0.39, 0.29) is 11.6 Å². The van der Waals surface area contributed by atoms with Gasteiger partial charge in [-0.15, -0.1) is 0 Å². The number of rotatable bonds is 4. The molecule has 0 aliphatic heterocycles. The number of likely N-dealkylation sites (N-methyl/N-ethyl adjacent to an activating group) is 1. The van der Waals surface area contributed by atoms with E-state index in [0.717, 1.165) is 5.57 Å². The Morgan fingerprint density at radius 2 is 2.00 bits per heavy atom. The van der Waals surface area contributed by atoms with Gasteiger partial charge in [0.25, 0.3) is 0 Å². The first kappa shape index (κ1) is 12.2. The molecule has 0 aromatic rings. The lowest BCUT2D eigenvalue weighted by atomic mass is 9.98. The van der Waals surface area contributed by atoms with Crippen molar-refractivity contribution in [1.29, 1.82) is 0 Å². The highest BCUT2D eigenvalue weighted by Gasteiger charge is 2.12. The normalized spacial score (nSPS) is 16.5. The molecular formula is C10H21N3. The average molecular weight is 183 g/mol. The van der Waals surface area contributed by atoms with Crippen LogP contribution < -0.4 is 16.8 Å². The fraction of sp³-hybridized carbons (Fsp3) is 0.600. The van der Waals surface area contributed by atoms with Gasteiger partial charge in [0.2, 0.25) is 0 Å². The molecule has 0 rings (SSSR count). The summed E-state index contributed by atoms with van der Waals surface area (Å²) < 4.78 is 0. The topological polar surface area (TPSA) is 64.1 Å². The molecule has 3 nitrogen and oxygen atoms in total. The average Bonchev–Trinajstić information content (AvgIpc) is 2.03. The summed E-state index contributed by atoms with van der Waals surface area (Å²) in [6, 6.07) is 0.00687. The van der Waals surface area contributed by atoms with E-state index in [1.165, 1.54) is 6.20 Å². The van der Waals surface area contributed by atoms with Crippen LogP contribution in [0.3, 0.4) is 0 Å². The second-order valence-corrected chi connectivity index (χ2v) is 3.76. The first-order valence-corrected chi connectivity index (χ1v) is 4.48. The largest absolute Gasteiger partial charge is 0.405 e. The Kier molecular flexibility index (Phi) is 4.73. The van der Waals surface area contributed by atoms with E-state index in [1.807, 2.05) is 20.0 Å². The molecule has 0 aromatic carbocycles. The smallest absolute Gasteiger partial charge is 0.0310 e. The van der Waals surface area contributed by atoms with Crippen molar-refractivity contribution in [3.05, 3.63) is 23.9 Å². The Labute approximate surface area is 80.9 Å². The first-order chi connectivity index (χ1) is 5.93. The SMILES string of the molecule is CNC(C)(C)/C=C(\C=C/N)C(C)N. The van der Waals surface area contributed by atoms with Crippen molar-refractivity contribution < 1.29 is 0 Å². The van der Waals surface area contributed by atoms with Crippen LogP contribution >= 0.6 is 0 Å². The van der Waals surface area contributed by atoms with Crippen molar-refractivity contribution in [2.45, 2.75) is 32.4 Å². The second kappa shape index (κ2) is 5.04. The summed E-state index contributed by atoms with van der Waals surface area (Å²) in [5.41, 5.74) is 12.1. The fourth-order valence-electron chi connectivity index (χ4n) is 0.931. The quantitative estimate of drug-likeness (QED) is 0.563. The Hall–Kier alpha value is -0.800. The maximum Gasteiger partial charge on any atom is 0.0310 e. The number of nitrogens with two attached hydrogens (primary N) is 2. The predicted molar refractivity (Wildman–Crippen MR) is 58.2 cm³/mol. The number of hydrogen-bond donors (Lipinski definition) is 3. The van der Waals surface area contributed by atoms with Crippen molar-refractivity contribution in [1.82, 2.24) is 5.32 Å². The number of hydrogen-bond acceptors (Lipinski definition) is 3. The molecule has 1 atom stereocenters. The zero-order chi connectivity index (χ0) is 10.5. The molecule has 3 heteroatoms. The van der Waals surface area contributed by atoms with Crippen LogP contribution in [0.1, 0.15) is 20.8 Å². The predicted octanol–water partition coefficient (Wildman–Crippen LogP) is 0.730. The van der Waals surface area contributed by atoms with Gasteiger partial charge in [-0.3, -0.25) is 0 Å². The van der Waals surface area contributed by atoms with E-state index in [2.05, 4.69) is 25.2 Å². The van der Waals surface area contributed by atoms with Crippen molar-refractivity contribution >= 4 is 0 Å². The molecule has 0 amide bonds. The van der Waals surface area contributed by atoms with Crippen LogP contribution in [0.4, 0.5) is 0 Å². The van der Waals surface area contributed by atoms with Crippen molar-refractivity contribution in [2.24, 2.45) is 11.5 Å². The Morgan fingerprint density at radius 1 is 1.46 bits per heavy atom. The van der Waals surface area contributed by atoms with E-state index >= 15 is 0 Å². The highest BCUT2D eigenvalue weighted by molar-refractivity contribution is 5.26. The van der Waals surface area contributed by atoms with Crippen molar-refractivity contribution in [3.63, 3.8) is 0 Å². The van der Waals surface area contributed by atoms with Gasteiger partial charge in [0.15, 0.2) is 0 Å². The second-order valence-electron chi connectivity index (χ2n) is 3.76. The minimum absolute atomic E-state index is 0.00687. The van der Waals surface area contributed by atoms with Crippen LogP contribution in [0.2, 0.25) is 0 Å². The third-order valence-corrected chi connectivity index (χ3v) is 1.99. The molecule has 0 saturated heterocycles. The summed E-state index contributed by atoms with van der Waals surface area (Å²) in [6.45, 7) is 6.11. The third kappa shape index (κ3) is 4.70. The maximum absolute atomic E-state index is 5.78. The van der Waals surface area contributed by atoms with Crippen LogP contribution in [0.5, 0.6) is 0 Å². The van der Waals surface area contributed by atoms with Crippen LogP contribution in [0.25, 0.3) is 0 Å². The molecule has 0 aliphatic carbocycles. The van der Waals surface area contributed by atoms with Crippen LogP contribution in [0, 0.1) is 0 Å². The van der Waals surface area contributed by atoms with Gasteiger partial charge in [-0.05, 0) is 45.7 Å². The van der Waals surface area contributed by atoms with Crippen molar-refractivity contribution in [2.75, 3.05) is 7.05 Å². The van der Waals surface area contributed by atoms with Gasteiger partial charge in [0.05, 0.1) is 0 Å². The molecule has 0 aromatic heterocycles. The monoisotopic (exact) mass is 183 g/mol. The van der Waals surface area contributed by atoms with Gasteiger partial charge < -0.3 is 16.8 Å². The van der Waals surface area contributed by atoms with Crippen LogP contribution in [-0.2, 0) is 0 Å². The minimum atomic E-state index is -0.0531. The fourth-order valence-corrected chi connectivity index (χ4v) is 0.931. The summed E-state index contributed by atoms with van der Waals surface area (Å²) in [5, 5.41) is 3.18. The van der Waals surface area contributed by atoms with E-state index in [1.54, 1.807) is 0 Å². The summed E-state index contributed by atoms with van der Waals surface area (Å²) in [6.07, 6.45) is 5.44. The lowest BCUT2D eigenvalue weighted by Crippen LogP contribution is -2.35. The molecule has 0 spiro atoms. The zero-order valence-electron chi connectivity index (χ0n) is 8.96. The summed E-state index contributed by atoms with van der Waals surface area (Å²) in [4.78, 5) is 0. The molecule has 13 heavy (non-hydrogen) atoms. The molecule has 76 valence electrons. The van der Waals surface area contributed by atoms with Crippen LogP contribution in [0.15, 0.2) is 23.9 Å². The molecule has 0 saturated carbocycles. The molecular weight excluding hydrogens is 162 g/mol. The summed E-state index contributed by atoms with van der Waals surface area (Å²) in [7, 11) is 1.92. The molecule has 1 unspecified atom stereocenters. The standard InChI is InChI=1S/C10H21N3/c1-8(12)9(5-6-11)7-10(2,3)13-4/h5-8,13H,11-12H2,1-4H3/b6-5-,9-7+. The van der Waals surface area contributed by atoms with Gasteiger partial charge in [0.1, 0.15) is 0 Å². The lowest BCUT2D eigenvalue weighted by Gasteiger charge is -2.21. The molecule has 5 N–H and O–H groups in total. The van der Waals surface area contributed by atoms with E-state index in [4.69, 9.17) is 11.5 Å². The first-order valence-electron chi connectivity index (χ1n) is 4.48. The van der Waals surface area contributed by atoms with Gasteiger partial charge in [-0.2, -0.15) is 0 Å². The van der Waals surface area contributed by atoms with Gasteiger partial charge >= 0.3 is 0 Å². The molecule has 0 fully saturated rings. The van der Waals surface area contributed by atoms with E-state index in [0.29, 0.717) is 0 Å². The summed E-state index contributed by atoms with van der Waals surface area (Å²) >= 11 is 0.